The Morgan fingerprint density at radius 2 is 1.96 bits per heavy atom. The van der Waals surface area contributed by atoms with Gasteiger partial charge in [-0.05, 0) is 30.3 Å². The second-order valence-electron chi connectivity index (χ2n) is 5.50. The lowest BCUT2D eigenvalue weighted by molar-refractivity contribution is -0.129. The number of hydrogen-bond acceptors (Lipinski definition) is 4. The standard InChI is InChI=1S/C21H15FN2O3/c1-2-3-9-19(25)27-18-13-15(10-11-16(18)22)21(26)24-17-8-4-6-14-7-5-12-23-20(14)17/h2-13H,1H2,(H,24,26)/b9-3+. The Bertz CT molecular complexity index is 1050. The summed E-state index contributed by atoms with van der Waals surface area (Å²) in [4.78, 5) is 28.4. The van der Waals surface area contributed by atoms with E-state index in [2.05, 4.69) is 16.9 Å². The summed E-state index contributed by atoms with van der Waals surface area (Å²) in [5.74, 6) is -2.34. The third-order valence-electron chi connectivity index (χ3n) is 3.65. The molecule has 6 heteroatoms. The molecule has 1 aromatic heterocycles. The van der Waals surface area contributed by atoms with Gasteiger partial charge >= 0.3 is 5.97 Å². The minimum atomic E-state index is -0.774. The Kier molecular flexibility index (Phi) is 5.37. The fourth-order valence-corrected chi connectivity index (χ4v) is 2.41. The Balaban J connectivity index is 1.84. The fourth-order valence-electron chi connectivity index (χ4n) is 2.41. The van der Waals surface area contributed by atoms with Gasteiger partial charge in [0.1, 0.15) is 0 Å². The summed E-state index contributed by atoms with van der Waals surface area (Å²) in [7, 11) is 0. The predicted molar refractivity (Wildman–Crippen MR) is 101 cm³/mol. The second kappa shape index (κ2) is 8.05. The first-order valence-corrected chi connectivity index (χ1v) is 8.04. The van der Waals surface area contributed by atoms with Crippen LogP contribution in [0, 0.1) is 5.82 Å². The average molecular weight is 362 g/mol. The number of rotatable bonds is 5. The molecule has 0 aliphatic rings. The number of fused-ring (bicyclic) bond motifs is 1. The third kappa shape index (κ3) is 4.24. The van der Waals surface area contributed by atoms with Crippen LogP contribution in [-0.4, -0.2) is 16.9 Å². The summed E-state index contributed by atoms with van der Waals surface area (Å²) < 4.78 is 18.8. The van der Waals surface area contributed by atoms with Crippen LogP contribution in [0.25, 0.3) is 10.9 Å². The maximum atomic E-state index is 13.9. The molecule has 0 aliphatic heterocycles. The normalized spacial score (nSPS) is 10.7. The quantitative estimate of drug-likeness (QED) is 0.318. The molecule has 3 aromatic rings. The van der Waals surface area contributed by atoms with Crippen molar-refractivity contribution in [2.75, 3.05) is 5.32 Å². The predicted octanol–water partition coefficient (Wildman–Crippen LogP) is 4.27. The molecule has 0 bridgehead atoms. The Hall–Kier alpha value is -3.80. The number of nitrogens with one attached hydrogen (secondary N) is 1. The summed E-state index contributed by atoms with van der Waals surface area (Å²) in [6, 6.07) is 12.6. The molecule has 0 radical (unpaired) electrons. The number of para-hydroxylation sites is 1. The highest BCUT2D eigenvalue weighted by Gasteiger charge is 2.14. The van der Waals surface area contributed by atoms with Gasteiger partial charge in [0.2, 0.25) is 0 Å². The lowest BCUT2D eigenvalue weighted by atomic mass is 10.1. The maximum absolute atomic E-state index is 13.9. The van der Waals surface area contributed by atoms with E-state index in [0.717, 1.165) is 17.5 Å². The van der Waals surface area contributed by atoms with E-state index in [1.807, 2.05) is 12.1 Å². The van der Waals surface area contributed by atoms with Crippen LogP contribution in [0.15, 0.2) is 79.5 Å². The SMILES string of the molecule is C=C/C=C/C(=O)Oc1cc(C(=O)Nc2cccc3cccnc23)ccc1F. The van der Waals surface area contributed by atoms with Crippen molar-refractivity contribution in [1.29, 1.82) is 0 Å². The smallest absolute Gasteiger partial charge is 0.336 e. The van der Waals surface area contributed by atoms with Crippen molar-refractivity contribution >= 4 is 28.5 Å². The van der Waals surface area contributed by atoms with Crippen molar-refractivity contribution in [3.05, 3.63) is 90.9 Å². The second-order valence-corrected chi connectivity index (χ2v) is 5.50. The third-order valence-corrected chi connectivity index (χ3v) is 3.65. The first-order valence-electron chi connectivity index (χ1n) is 8.04. The highest BCUT2D eigenvalue weighted by atomic mass is 19.1. The molecule has 0 atom stereocenters. The number of hydrogen-bond donors (Lipinski definition) is 1. The van der Waals surface area contributed by atoms with Crippen molar-refractivity contribution in [3.8, 4) is 5.75 Å². The van der Waals surface area contributed by atoms with Gasteiger partial charge in [-0.25, -0.2) is 9.18 Å². The zero-order valence-corrected chi connectivity index (χ0v) is 14.2. The van der Waals surface area contributed by atoms with Gasteiger partial charge in [0.05, 0.1) is 11.2 Å². The van der Waals surface area contributed by atoms with E-state index in [1.165, 1.54) is 24.3 Å². The molecule has 0 saturated heterocycles. The fraction of sp³-hybridized carbons (Fsp3) is 0. The summed E-state index contributed by atoms with van der Waals surface area (Å²) in [6.45, 7) is 3.43. The van der Waals surface area contributed by atoms with Gasteiger partial charge in [-0.1, -0.05) is 36.9 Å². The summed E-state index contributed by atoms with van der Waals surface area (Å²) in [5.41, 5.74) is 1.30. The van der Waals surface area contributed by atoms with Crippen LogP contribution in [0.2, 0.25) is 0 Å². The van der Waals surface area contributed by atoms with Crippen LogP contribution in [0.4, 0.5) is 10.1 Å². The van der Waals surface area contributed by atoms with Crippen molar-refractivity contribution in [3.63, 3.8) is 0 Å². The number of ether oxygens (including phenoxy) is 1. The number of halogens is 1. The number of esters is 1. The van der Waals surface area contributed by atoms with E-state index in [0.29, 0.717) is 11.2 Å². The topological polar surface area (TPSA) is 68.3 Å². The van der Waals surface area contributed by atoms with Crippen LogP contribution < -0.4 is 10.1 Å². The molecule has 134 valence electrons. The van der Waals surface area contributed by atoms with E-state index in [-0.39, 0.29) is 11.3 Å². The summed E-state index contributed by atoms with van der Waals surface area (Å²) >= 11 is 0. The number of carbonyl (C=O) groups is 2. The molecule has 1 amide bonds. The first kappa shape index (κ1) is 18.0. The molecule has 1 N–H and O–H groups in total. The molecule has 27 heavy (non-hydrogen) atoms. The highest BCUT2D eigenvalue weighted by Crippen LogP contribution is 2.23. The number of amides is 1. The Morgan fingerprint density at radius 3 is 2.78 bits per heavy atom. The lowest BCUT2D eigenvalue weighted by Gasteiger charge is -2.09. The van der Waals surface area contributed by atoms with Crippen LogP contribution in [-0.2, 0) is 4.79 Å². The van der Waals surface area contributed by atoms with Crippen LogP contribution in [0.5, 0.6) is 5.75 Å². The minimum Gasteiger partial charge on any atom is -0.420 e. The number of carbonyl (C=O) groups excluding carboxylic acids is 2. The van der Waals surface area contributed by atoms with Crippen molar-refractivity contribution in [1.82, 2.24) is 4.98 Å². The van der Waals surface area contributed by atoms with Crippen LogP contribution in [0.1, 0.15) is 10.4 Å². The van der Waals surface area contributed by atoms with Gasteiger partial charge in [0.25, 0.3) is 5.91 Å². The summed E-state index contributed by atoms with van der Waals surface area (Å²) in [6.07, 6.45) is 5.48. The number of anilines is 1. The molecule has 5 nitrogen and oxygen atoms in total. The molecule has 1 heterocycles. The molecule has 0 unspecified atom stereocenters. The van der Waals surface area contributed by atoms with E-state index in [4.69, 9.17) is 4.74 Å². The molecule has 0 aliphatic carbocycles. The lowest BCUT2D eigenvalue weighted by Crippen LogP contribution is -2.13. The molecule has 3 rings (SSSR count). The zero-order valence-electron chi connectivity index (χ0n) is 14.2. The van der Waals surface area contributed by atoms with Gasteiger partial charge in [-0.15, -0.1) is 0 Å². The van der Waals surface area contributed by atoms with E-state index >= 15 is 0 Å². The van der Waals surface area contributed by atoms with E-state index < -0.39 is 17.7 Å². The van der Waals surface area contributed by atoms with Gasteiger partial charge in [-0.3, -0.25) is 9.78 Å². The highest BCUT2D eigenvalue weighted by molar-refractivity contribution is 6.08. The van der Waals surface area contributed by atoms with Crippen LogP contribution in [0.3, 0.4) is 0 Å². The molecular weight excluding hydrogens is 347 g/mol. The molecule has 0 spiro atoms. The first-order chi connectivity index (χ1) is 13.1. The van der Waals surface area contributed by atoms with Gasteiger partial charge in [0.15, 0.2) is 11.6 Å². The van der Waals surface area contributed by atoms with Gasteiger partial charge < -0.3 is 10.1 Å². The Morgan fingerprint density at radius 1 is 1.15 bits per heavy atom. The van der Waals surface area contributed by atoms with Crippen molar-refractivity contribution < 1.29 is 18.7 Å². The number of aromatic nitrogens is 1. The average Bonchev–Trinajstić information content (AvgIpc) is 2.68. The molecular formula is C21H15FN2O3. The number of benzene rings is 2. The van der Waals surface area contributed by atoms with E-state index in [1.54, 1.807) is 24.4 Å². The van der Waals surface area contributed by atoms with Gasteiger partial charge in [-0.2, -0.15) is 0 Å². The maximum Gasteiger partial charge on any atom is 0.336 e. The minimum absolute atomic E-state index is 0.139. The number of nitrogens with zero attached hydrogens (tertiary/aromatic N) is 1. The van der Waals surface area contributed by atoms with Crippen molar-refractivity contribution in [2.24, 2.45) is 0 Å². The zero-order chi connectivity index (χ0) is 19.2. The van der Waals surface area contributed by atoms with E-state index in [9.17, 15) is 14.0 Å². The Labute approximate surface area is 154 Å². The number of pyridine rings is 1. The van der Waals surface area contributed by atoms with Gasteiger partial charge in [0, 0.05) is 23.2 Å². The summed E-state index contributed by atoms with van der Waals surface area (Å²) in [5, 5.41) is 3.62. The van der Waals surface area contributed by atoms with Crippen molar-refractivity contribution in [2.45, 2.75) is 0 Å². The molecule has 2 aromatic carbocycles. The molecule has 0 saturated carbocycles. The van der Waals surface area contributed by atoms with Crippen LogP contribution >= 0.6 is 0 Å². The number of allylic oxidation sites excluding steroid dienone is 2. The largest absolute Gasteiger partial charge is 0.420 e. The monoisotopic (exact) mass is 362 g/mol. The molecule has 0 fully saturated rings.